The number of hydrogen-bond donors (Lipinski definition) is 0. The van der Waals surface area contributed by atoms with E-state index in [1.54, 1.807) is 24.3 Å². The van der Waals surface area contributed by atoms with Gasteiger partial charge >= 0.3 is 11.6 Å². The fourth-order valence-electron chi connectivity index (χ4n) is 3.26. The van der Waals surface area contributed by atoms with Gasteiger partial charge in [-0.25, -0.2) is 9.59 Å². The number of carbonyl (C=O) groups excluding carboxylic acids is 1. The molecule has 0 fully saturated rings. The van der Waals surface area contributed by atoms with E-state index in [2.05, 4.69) is 0 Å². The van der Waals surface area contributed by atoms with Crippen LogP contribution in [0.3, 0.4) is 0 Å². The molecule has 1 aromatic heterocycles. The Balaban J connectivity index is 1.65. The first-order valence-corrected chi connectivity index (χ1v) is 8.49. The van der Waals surface area contributed by atoms with Gasteiger partial charge in [-0.05, 0) is 60.7 Å². The molecule has 2 aromatic carbocycles. The van der Waals surface area contributed by atoms with E-state index in [0.717, 1.165) is 24.6 Å². The van der Waals surface area contributed by atoms with Gasteiger partial charge in [0, 0.05) is 22.0 Å². The van der Waals surface area contributed by atoms with E-state index < -0.39 is 11.6 Å². The van der Waals surface area contributed by atoms with Crippen molar-refractivity contribution in [2.75, 3.05) is 0 Å². The van der Waals surface area contributed by atoms with Crippen LogP contribution in [0, 0.1) is 0 Å². The second kappa shape index (κ2) is 6.37. The molecule has 4 rings (SSSR count). The minimum absolute atomic E-state index is 0.00618. The monoisotopic (exact) mass is 354 g/mol. The Morgan fingerprint density at radius 1 is 1.12 bits per heavy atom. The van der Waals surface area contributed by atoms with Crippen LogP contribution in [0.2, 0.25) is 5.02 Å². The van der Waals surface area contributed by atoms with Gasteiger partial charge in [0.1, 0.15) is 12.2 Å². The lowest BCUT2D eigenvalue weighted by atomic mass is 10.0. The summed E-state index contributed by atoms with van der Waals surface area (Å²) >= 11 is 5.90. The Morgan fingerprint density at radius 2 is 1.92 bits per heavy atom. The number of halogens is 1. The van der Waals surface area contributed by atoms with Crippen LogP contribution >= 0.6 is 11.6 Å². The second-order valence-electron chi connectivity index (χ2n) is 6.15. The summed E-state index contributed by atoms with van der Waals surface area (Å²) in [6.07, 6.45) is 3.13. The van der Waals surface area contributed by atoms with Crippen molar-refractivity contribution in [1.82, 2.24) is 0 Å². The summed E-state index contributed by atoms with van der Waals surface area (Å²) in [6, 6.07) is 11.9. The molecule has 25 heavy (non-hydrogen) atoms. The summed E-state index contributed by atoms with van der Waals surface area (Å²) in [4.78, 5) is 24.0. The molecule has 3 aromatic rings. The molecule has 0 aliphatic heterocycles. The molecule has 4 nitrogen and oxygen atoms in total. The first-order valence-electron chi connectivity index (χ1n) is 8.11. The van der Waals surface area contributed by atoms with Crippen molar-refractivity contribution in [2.45, 2.75) is 25.9 Å². The lowest BCUT2D eigenvalue weighted by molar-refractivity contribution is 0.0474. The third-order valence-corrected chi connectivity index (χ3v) is 4.70. The SMILES string of the molecule is O=C(OCc1cc(=O)oc2cc3c(cc12)CCC3)c1cccc(Cl)c1. The van der Waals surface area contributed by atoms with Crippen LogP contribution in [0.1, 0.15) is 33.5 Å². The highest BCUT2D eigenvalue weighted by molar-refractivity contribution is 6.30. The van der Waals surface area contributed by atoms with Crippen molar-refractivity contribution in [2.24, 2.45) is 0 Å². The third kappa shape index (κ3) is 3.17. The highest BCUT2D eigenvalue weighted by Crippen LogP contribution is 2.28. The molecule has 1 aliphatic carbocycles. The molecule has 0 saturated carbocycles. The molecular formula is C20H15ClO4. The highest BCUT2D eigenvalue weighted by Gasteiger charge is 2.16. The molecule has 0 unspecified atom stereocenters. The van der Waals surface area contributed by atoms with Gasteiger partial charge in [-0.15, -0.1) is 0 Å². The average Bonchev–Trinajstić information content (AvgIpc) is 3.04. The maximum absolute atomic E-state index is 12.2. The van der Waals surface area contributed by atoms with Crippen LogP contribution in [0.5, 0.6) is 0 Å². The third-order valence-electron chi connectivity index (χ3n) is 4.46. The zero-order valence-electron chi connectivity index (χ0n) is 13.4. The standard InChI is InChI=1S/C20H15ClO4/c21-16-6-2-5-14(7-16)20(23)24-11-15-10-19(22)25-18-9-13-4-1-3-12(13)8-17(15)18/h2,5-10H,1,3-4,11H2. The van der Waals surface area contributed by atoms with Gasteiger partial charge in [0.05, 0.1) is 5.56 Å². The van der Waals surface area contributed by atoms with Crippen LogP contribution in [-0.4, -0.2) is 5.97 Å². The van der Waals surface area contributed by atoms with Gasteiger partial charge < -0.3 is 9.15 Å². The maximum Gasteiger partial charge on any atom is 0.338 e. The van der Waals surface area contributed by atoms with Gasteiger partial charge in [0.15, 0.2) is 0 Å². The first kappa shape index (κ1) is 15.9. The normalized spacial score (nSPS) is 13.0. The summed E-state index contributed by atoms with van der Waals surface area (Å²) < 4.78 is 10.7. The summed E-state index contributed by atoms with van der Waals surface area (Å²) in [5, 5.41) is 1.29. The molecule has 0 bridgehead atoms. The van der Waals surface area contributed by atoms with Crippen molar-refractivity contribution in [3.05, 3.63) is 80.2 Å². The van der Waals surface area contributed by atoms with Gasteiger partial charge in [-0.2, -0.15) is 0 Å². The van der Waals surface area contributed by atoms with Gasteiger partial charge in [-0.1, -0.05) is 17.7 Å². The van der Waals surface area contributed by atoms with E-state index in [9.17, 15) is 9.59 Å². The quantitative estimate of drug-likeness (QED) is 0.520. The highest BCUT2D eigenvalue weighted by atomic mass is 35.5. The predicted molar refractivity (Wildman–Crippen MR) is 95.1 cm³/mol. The Morgan fingerprint density at radius 3 is 2.72 bits per heavy atom. The molecule has 0 saturated heterocycles. The molecule has 0 atom stereocenters. The Bertz CT molecular complexity index is 1040. The number of benzene rings is 2. The summed E-state index contributed by atoms with van der Waals surface area (Å²) in [5.74, 6) is -0.481. The lowest BCUT2D eigenvalue weighted by Gasteiger charge is -2.09. The van der Waals surface area contributed by atoms with Crippen LogP contribution in [0.25, 0.3) is 11.0 Å². The first-order chi connectivity index (χ1) is 12.1. The average molecular weight is 355 g/mol. The van der Waals surface area contributed by atoms with Crippen LogP contribution in [0.4, 0.5) is 0 Å². The van der Waals surface area contributed by atoms with Gasteiger partial charge in [-0.3, -0.25) is 0 Å². The van der Waals surface area contributed by atoms with E-state index in [1.807, 2.05) is 12.1 Å². The van der Waals surface area contributed by atoms with Crippen LogP contribution in [0.15, 0.2) is 51.7 Å². The van der Waals surface area contributed by atoms with Crippen molar-refractivity contribution in [3.8, 4) is 0 Å². The molecule has 0 amide bonds. The van der Waals surface area contributed by atoms with Gasteiger partial charge in [0.2, 0.25) is 0 Å². The fraction of sp³-hybridized carbons (Fsp3) is 0.200. The topological polar surface area (TPSA) is 56.5 Å². The maximum atomic E-state index is 12.2. The number of rotatable bonds is 3. The summed E-state index contributed by atoms with van der Waals surface area (Å²) in [7, 11) is 0. The van der Waals surface area contributed by atoms with E-state index in [1.165, 1.54) is 17.2 Å². The molecule has 0 radical (unpaired) electrons. The largest absolute Gasteiger partial charge is 0.457 e. The zero-order valence-corrected chi connectivity index (χ0v) is 14.1. The van der Waals surface area contributed by atoms with Crippen molar-refractivity contribution < 1.29 is 13.9 Å². The Labute approximate surface area is 149 Å². The summed E-state index contributed by atoms with van der Waals surface area (Å²) in [6.45, 7) is 0.00618. The van der Waals surface area contributed by atoms with Crippen LogP contribution in [-0.2, 0) is 24.2 Å². The number of ether oxygens (including phenoxy) is 1. The van der Waals surface area contributed by atoms with E-state index in [4.69, 9.17) is 20.8 Å². The minimum Gasteiger partial charge on any atom is -0.457 e. The Hall–Kier alpha value is -2.59. The minimum atomic E-state index is -0.481. The summed E-state index contributed by atoms with van der Waals surface area (Å²) in [5.41, 5.74) is 3.62. The van der Waals surface area contributed by atoms with E-state index in [0.29, 0.717) is 21.7 Å². The number of carbonyl (C=O) groups is 1. The molecule has 126 valence electrons. The number of aryl methyl sites for hydroxylation is 2. The molecular weight excluding hydrogens is 340 g/mol. The number of hydrogen-bond acceptors (Lipinski definition) is 4. The number of fused-ring (bicyclic) bond motifs is 2. The van der Waals surface area contributed by atoms with Crippen molar-refractivity contribution >= 4 is 28.5 Å². The molecule has 5 heteroatoms. The number of esters is 1. The fourth-order valence-corrected chi connectivity index (χ4v) is 3.45. The predicted octanol–water partition coefficient (Wildman–Crippen LogP) is 4.29. The second-order valence-corrected chi connectivity index (χ2v) is 6.58. The Kier molecular flexibility index (Phi) is 4.06. The molecule has 0 spiro atoms. The van der Waals surface area contributed by atoms with Crippen LogP contribution < -0.4 is 5.63 Å². The van der Waals surface area contributed by atoms with Crippen molar-refractivity contribution in [3.63, 3.8) is 0 Å². The van der Waals surface area contributed by atoms with Gasteiger partial charge in [0.25, 0.3) is 0 Å². The lowest BCUT2D eigenvalue weighted by Crippen LogP contribution is -2.08. The zero-order chi connectivity index (χ0) is 17.4. The van der Waals surface area contributed by atoms with E-state index >= 15 is 0 Å². The smallest absolute Gasteiger partial charge is 0.338 e. The molecule has 1 heterocycles. The van der Waals surface area contributed by atoms with Crippen molar-refractivity contribution in [1.29, 1.82) is 0 Å². The van der Waals surface area contributed by atoms with E-state index in [-0.39, 0.29) is 6.61 Å². The molecule has 0 N–H and O–H groups in total. The molecule has 1 aliphatic rings.